The molecule has 3 heterocycles. The summed E-state index contributed by atoms with van der Waals surface area (Å²) in [7, 11) is 0. The van der Waals surface area contributed by atoms with Crippen LogP contribution < -0.4 is 5.32 Å². The van der Waals surface area contributed by atoms with Gasteiger partial charge in [-0.3, -0.25) is 4.99 Å². The smallest absolute Gasteiger partial charge is 0.193 e. The molecule has 7 heteroatoms. The fourth-order valence-electron chi connectivity index (χ4n) is 4.45. The van der Waals surface area contributed by atoms with E-state index in [0.717, 1.165) is 45.0 Å². The average molecular weight is 520 g/mol. The molecule has 6 nitrogen and oxygen atoms in total. The van der Waals surface area contributed by atoms with Crippen LogP contribution in [0.4, 0.5) is 0 Å². The van der Waals surface area contributed by atoms with Gasteiger partial charge in [0.15, 0.2) is 5.96 Å². The third kappa shape index (κ3) is 4.82. The van der Waals surface area contributed by atoms with Crippen LogP contribution in [-0.2, 0) is 6.42 Å². The van der Waals surface area contributed by atoms with Crippen LogP contribution in [0.25, 0.3) is 10.9 Å². The molecule has 2 N–H and O–H groups in total. The van der Waals surface area contributed by atoms with Crippen molar-refractivity contribution < 1.29 is 0 Å². The summed E-state index contributed by atoms with van der Waals surface area (Å²) in [5, 5.41) is 4.85. The van der Waals surface area contributed by atoms with E-state index < -0.39 is 0 Å². The lowest BCUT2D eigenvalue weighted by Crippen LogP contribution is -2.49. The number of guanidine groups is 1. The van der Waals surface area contributed by atoms with Gasteiger partial charge < -0.3 is 19.8 Å². The lowest BCUT2D eigenvalue weighted by molar-refractivity contribution is 0.189. The first-order valence-electron chi connectivity index (χ1n) is 10.7. The maximum atomic E-state index is 4.98. The van der Waals surface area contributed by atoms with Crippen molar-refractivity contribution >= 4 is 40.8 Å². The molecule has 0 radical (unpaired) electrons. The van der Waals surface area contributed by atoms with Crippen molar-refractivity contribution in [2.24, 2.45) is 10.9 Å². The van der Waals surface area contributed by atoms with Crippen LogP contribution in [0.3, 0.4) is 0 Å². The van der Waals surface area contributed by atoms with Crippen molar-refractivity contribution in [1.29, 1.82) is 0 Å². The van der Waals surface area contributed by atoms with Crippen LogP contribution in [0.5, 0.6) is 0 Å². The summed E-state index contributed by atoms with van der Waals surface area (Å²) < 4.78 is 2.25. The number of benzene rings is 1. The van der Waals surface area contributed by atoms with Crippen LogP contribution in [0, 0.1) is 12.8 Å². The predicted molar refractivity (Wildman–Crippen MR) is 135 cm³/mol. The Balaban J connectivity index is 0.00000256. The highest BCUT2D eigenvalue weighted by Gasteiger charge is 2.28. The minimum absolute atomic E-state index is 0. The number of piperidine rings is 1. The van der Waals surface area contributed by atoms with E-state index in [1.165, 1.54) is 22.0 Å². The molecule has 4 rings (SSSR count). The summed E-state index contributed by atoms with van der Waals surface area (Å²) in [6.07, 6.45) is 10.1. The average Bonchev–Trinajstić information content (AvgIpc) is 3.39. The van der Waals surface area contributed by atoms with Gasteiger partial charge >= 0.3 is 0 Å². The Kier molecular flexibility index (Phi) is 7.80. The van der Waals surface area contributed by atoms with Gasteiger partial charge in [0, 0.05) is 55.7 Å². The third-order valence-corrected chi connectivity index (χ3v) is 6.10. The fraction of sp³-hybridized carbons (Fsp3) is 0.478. The van der Waals surface area contributed by atoms with Gasteiger partial charge in [-0.05, 0) is 49.8 Å². The fourth-order valence-corrected chi connectivity index (χ4v) is 4.45. The molecule has 1 fully saturated rings. The highest BCUT2D eigenvalue weighted by molar-refractivity contribution is 14.0. The second kappa shape index (κ2) is 10.3. The van der Waals surface area contributed by atoms with Gasteiger partial charge in [0.1, 0.15) is 0 Å². The zero-order valence-electron chi connectivity index (χ0n) is 18.1. The minimum atomic E-state index is 0. The second-order valence-corrected chi connectivity index (χ2v) is 8.09. The van der Waals surface area contributed by atoms with E-state index in [9.17, 15) is 0 Å². The largest absolute Gasteiger partial charge is 0.361 e. The van der Waals surface area contributed by atoms with Crippen LogP contribution in [-0.4, -0.2) is 51.6 Å². The number of nitrogens with zero attached hydrogens (tertiary/aromatic N) is 4. The van der Waals surface area contributed by atoms with Crippen molar-refractivity contribution in [2.45, 2.75) is 39.7 Å². The summed E-state index contributed by atoms with van der Waals surface area (Å²) in [5.74, 6) is 1.67. The molecule has 162 valence electrons. The summed E-state index contributed by atoms with van der Waals surface area (Å²) in [4.78, 5) is 15.0. The molecular formula is C23H33IN6. The Hall–Kier alpha value is -2.03. The van der Waals surface area contributed by atoms with Crippen molar-refractivity contribution in [3.63, 3.8) is 0 Å². The molecule has 2 aromatic heterocycles. The number of likely N-dealkylation sites (tertiary alicyclic amines) is 1. The normalized spacial score (nSPS) is 19.7. The Morgan fingerprint density at radius 2 is 2.23 bits per heavy atom. The highest BCUT2D eigenvalue weighted by Crippen LogP contribution is 2.27. The lowest BCUT2D eigenvalue weighted by Gasteiger charge is -2.39. The van der Waals surface area contributed by atoms with Gasteiger partial charge in [-0.25, -0.2) is 4.98 Å². The number of rotatable bonds is 5. The standard InChI is InChI=1S/C23H32N6.HI/c1-4-25-23(28-12-9-17(2)21(15-28)29-13-11-24-16-29)26-10-8-19-14-27-20-7-5-6-18(3)22(19)20;/h5-7,11,13-14,16-17,21,27H,4,8-10,12,15H2,1-3H3,(H,25,26);1H. The van der Waals surface area contributed by atoms with Gasteiger partial charge in [0.05, 0.1) is 12.4 Å². The molecule has 1 aromatic carbocycles. The molecule has 1 aliphatic heterocycles. The Morgan fingerprint density at radius 1 is 1.37 bits per heavy atom. The first-order chi connectivity index (χ1) is 14.2. The van der Waals surface area contributed by atoms with Gasteiger partial charge in [0.2, 0.25) is 0 Å². The van der Waals surface area contributed by atoms with Gasteiger partial charge in [0.25, 0.3) is 0 Å². The van der Waals surface area contributed by atoms with Crippen molar-refractivity contribution in [3.05, 3.63) is 54.2 Å². The zero-order chi connectivity index (χ0) is 20.2. The van der Waals surface area contributed by atoms with Gasteiger partial charge in [-0.2, -0.15) is 0 Å². The summed E-state index contributed by atoms with van der Waals surface area (Å²) >= 11 is 0. The predicted octanol–water partition coefficient (Wildman–Crippen LogP) is 4.38. The van der Waals surface area contributed by atoms with Crippen molar-refractivity contribution in [1.82, 2.24) is 24.8 Å². The molecular weight excluding hydrogens is 487 g/mol. The van der Waals surface area contributed by atoms with E-state index in [1.54, 1.807) is 0 Å². The van der Waals surface area contributed by atoms with E-state index in [4.69, 9.17) is 4.99 Å². The molecule has 2 atom stereocenters. The molecule has 1 aliphatic rings. The Bertz CT molecular complexity index is 961. The van der Waals surface area contributed by atoms with E-state index in [0.29, 0.717) is 12.0 Å². The van der Waals surface area contributed by atoms with Gasteiger partial charge in [-0.1, -0.05) is 19.1 Å². The number of hydrogen-bond acceptors (Lipinski definition) is 2. The van der Waals surface area contributed by atoms with Gasteiger partial charge in [-0.15, -0.1) is 24.0 Å². The lowest BCUT2D eigenvalue weighted by atomic mass is 9.93. The van der Waals surface area contributed by atoms with Crippen LogP contribution in [0.1, 0.15) is 37.4 Å². The second-order valence-electron chi connectivity index (χ2n) is 8.09. The number of nitrogens with one attached hydrogen (secondary N) is 2. The first kappa shape index (κ1) is 22.7. The van der Waals surface area contributed by atoms with Crippen molar-refractivity contribution in [3.8, 4) is 0 Å². The molecule has 30 heavy (non-hydrogen) atoms. The summed E-state index contributed by atoms with van der Waals surface area (Å²) in [6.45, 7) is 10.3. The quantitative estimate of drug-likeness (QED) is 0.298. The van der Waals surface area contributed by atoms with E-state index in [-0.39, 0.29) is 24.0 Å². The van der Waals surface area contributed by atoms with Crippen LogP contribution in [0.2, 0.25) is 0 Å². The third-order valence-electron chi connectivity index (χ3n) is 6.10. The monoisotopic (exact) mass is 520 g/mol. The molecule has 1 saturated heterocycles. The van der Waals surface area contributed by atoms with Crippen molar-refractivity contribution in [2.75, 3.05) is 26.2 Å². The molecule has 0 amide bonds. The minimum Gasteiger partial charge on any atom is -0.361 e. The maximum absolute atomic E-state index is 4.98. The number of H-pyrrole nitrogens is 1. The molecule has 0 saturated carbocycles. The first-order valence-corrected chi connectivity index (χ1v) is 10.7. The topological polar surface area (TPSA) is 61.2 Å². The number of halogens is 1. The number of aromatic nitrogens is 3. The highest BCUT2D eigenvalue weighted by atomic mass is 127. The number of hydrogen-bond donors (Lipinski definition) is 2. The van der Waals surface area contributed by atoms with E-state index in [2.05, 4.69) is 76.1 Å². The van der Waals surface area contributed by atoms with Crippen LogP contribution >= 0.6 is 24.0 Å². The number of aliphatic imine (C=N–C) groups is 1. The number of fused-ring (bicyclic) bond motifs is 1. The maximum Gasteiger partial charge on any atom is 0.193 e. The molecule has 0 aliphatic carbocycles. The molecule has 0 spiro atoms. The zero-order valence-corrected chi connectivity index (χ0v) is 20.5. The molecule has 3 aromatic rings. The molecule has 0 bridgehead atoms. The molecule has 2 unspecified atom stereocenters. The number of aryl methyl sites for hydroxylation is 1. The van der Waals surface area contributed by atoms with E-state index in [1.807, 2.05) is 12.5 Å². The van der Waals surface area contributed by atoms with Crippen LogP contribution in [0.15, 0.2) is 48.1 Å². The summed E-state index contributed by atoms with van der Waals surface area (Å²) in [6, 6.07) is 6.86. The Labute approximate surface area is 196 Å². The summed E-state index contributed by atoms with van der Waals surface area (Å²) in [5.41, 5.74) is 3.88. The number of aromatic amines is 1. The number of imidazole rings is 1. The van der Waals surface area contributed by atoms with E-state index >= 15 is 0 Å². The Morgan fingerprint density at radius 3 is 3.00 bits per heavy atom. The SMILES string of the molecule is CCNC(=NCCc1c[nH]c2cccc(C)c12)N1CCC(C)C(n2ccnc2)C1.I.